The van der Waals surface area contributed by atoms with Crippen LogP contribution < -0.4 is 20.3 Å². The zero-order chi connectivity index (χ0) is 27.0. The number of methoxy groups -OCH3 is 1. The molecule has 0 unspecified atom stereocenters. The van der Waals surface area contributed by atoms with E-state index in [1.54, 1.807) is 13.3 Å². The maximum Gasteiger partial charge on any atom is 0.175 e. The Morgan fingerprint density at radius 1 is 1.26 bits per heavy atom. The maximum absolute atomic E-state index is 10.2. The number of aliphatic hydroxyl groups excluding tert-OH is 1. The molecule has 4 atom stereocenters. The van der Waals surface area contributed by atoms with Crippen LogP contribution in [0.15, 0.2) is 28.4 Å². The Labute approximate surface area is 233 Å². The van der Waals surface area contributed by atoms with Gasteiger partial charge in [0.15, 0.2) is 17.4 Å². The summed E-state index contributed by atoms with van der Waals surface area (Å²) < 4.78 is 22.7. The molecule has 0 radical (unpaired) electrons. The molecule has 12 heteroatoms. The third-order valence-corrected chi connectivity index (χ3v) is 9.61. The Kier molecular flexibility index (Phi) is 7.84. The number of nitrogens with zero attached hydrogens (tertiary/aromatic N) is 5. The second-order valence-corrected chi connectivity index (χ2v) is 12.2. The lowest BCUT2D eigenvalue weighted by atomic mass is 9.73. The molecule has 6 heterocycles. The van der Waals surface area contributed by atoms with Crippen molar-refractivity contribution in [3.05, 3.63) is 24.2 Å². The molecular formula is C27H38N6O5S. The van der Waals surface area contributed by atoms with Gasteiger partial charge in [0, 0.05) is 50.3 Å². The van der Waals surface area contributed by atoms with E-state index in [4.69, 9.17) is 34.6 Å². The molecule has 3 fully saturated rings. The monoisotopic (exact) mass is 558 g/mol. The fourth-order valence-corrected chi connectivity index (χ4v) is 7.30. The quantitative estimate of drug-likeness (QED) is 0.363. The fraction of sp³-hybridized carbons (Fsp3) is 0.667. The van der Waals surface area contributed by atoms with Gasteiger partial charge in [-0.3, -0.25) is 0 Å². The summed E-state index contributed by atoms with van der Waals surface area (Å²) in [6.45, 7) is 6.70. The fourth-order valence-electron chi connectivity index (χ4n) is 6.44. The summed E-state index contributed by atoms with van der Waals surface area (Å²) in [5, 5.41) is 10.9. The van der Waals surface area contributed by atoms with Crippen molar-refractivity contribution in [2.24, 2.45) is 17.1 Å². The highest BCUT2D eigenvalue weighted by Gasteiger charge is 2.48. The predicted molar refractivity (Wildman–Crippen MR) is 146 cm³/mol. The Balaban J connectivity index is 1.15. The minimum absolute atomic E-state index is 0.0320. The number of pyridine rings is 1. The van der Waals surface area contributed by atoms with Crippen molar-refractivity contribution in [2.75, 3.05) is 63.2 Å². The molecule has 0 aromatic carbocycles. The number of aliphatic hydroxyl groups is 1. The van der Waals surface area contributed by atoms with Gasteiger partial charge in [0.05, 0.1) is 43.1 Å². The van der Waals surface area contributed by atoms with Gasteiger partial charge in [-0.25, -0.2) is 15.0 Å². The van der Waals surface area contributed by atoms with Crippen molar-refractivity contribution in [1.82, 2.24) is 15.0 Å². The number of anilines is 2. The third kappa shape index (κ3) is 5.18. The molecular weight excluding hydrogens is 520 g/mol. The predicted octanol–water partition coefficient (Wildman–Crippen LogP) is 2.06. The van der Waals surface area contributed by atoms with E-state index in [9.17, 15) is 5.11 Å². The topological polar surface area (TPSA) is 128 Å². The lowest BCUT2D eigenvalue weighted by molar-refractivity contribution is -0.0414. The second-order valence-electron chi connectivity index (χ2n) is 11.1. The normalized spacial score (nSPS) is 27.5. The van der Waals surface area contributed by atoms with Crippen LogP contribution in [0.4, 0.5) is 11.6 Å². The van der Waals surface area contributed by atoms with E-state index in [0.717, 1.165) is 67.8 Å². The summed E-state index contributed by atoms with van der Waals surface area (Å²) in [5.41, 5.74) is 7.10. The first-order valence-electron chi connectivity index (χ1n) is 13.7. The van der Waals surface area contributed by atoms with Crippen molar-refractivity contribution in [2.45, 2.75) is 60.9 Å². The van der Waals surface area contributed by atoms with Crippen molar-refractivity contribution in [1.29, 1.82) is 0 Å². The number of nitrogens with two attached hydrogens (primary N) is 1. The Morgan fingerprint density at radius 3 is 2.85 bits per heavy atom. The Bertz CT molecular complexity index is 1170. The Morgan fingerprint density at radius 2 is 2.10 bits per heavy atom. The summed E-state index contributed by atoms with van der Waals surface area (Å²) >= 11 is 1.49. The molecule has 11 nitrogen and oxygen atoms in total. The molecule has 0 bridgehead atoms. The van der Waals surface area contributed by atoms with Gasteiger partial charge >= 0.3 is 0 Å². The van der Waals surface area contributed by atoms with Gasteiger partial charge in [-0.2, -0.15) is 0 Å². The lowest BCUT2D eigenvalue weighted by Crippen LogP contribution is -2.51. The molecule has 3 N–H and O–H groups in total. The molecule has 6 rings (SSSR count). The van der Waals surface area contributed by atoms with Gasteiger partial charge in [-0.05, 0) is 32.3 Å². The minimum atomic E-state index is -0.176. The standard InChI is InChI=1S/C27H38N6O5S/c1-17-24(28)27(15-38-17)4-7-32(8-5-27)25-20(12-34)31-22(10-30-25)39-21-3-6-29-26-23(21)37-14-19-9-18(11-33(19)26)13-36-16-35-2/h3,6,10,17-19,24,34H,4-5,7-9,11-16,28H2,1-2H3/t17-,18-,19+,24+/m0/s1. The molecule has 1 spiro atoms. The van der Waals surface area contributed by atoms with E-state index in [1.807, 2.05) is 12.3 Å². The lowest BCUT2D eigenvalue weighted by Gasteiger charge is -2.41. The smallest absolute Gasteiger partial charge is 0.175 e. The molecule has 212 valence electrons. The largest absolute Gasteiger partial charge is 0.486 e. The molecule has 0 aliphatic carbocycles. The zero-order valence-electron chi connectivity index (χ0n) is 22.6. The highest BCUT2D eigenvalue weighted by Crippen LogP contribution is 2.45. The molecule has 0 saturated carbocycles. The summed E-state index contributed by atoms with van der Waals surface area (Å²) in [4.78, 5) is 19.7. The van der Waals surface area contributed by atoms with Gasteiger partial charge in [0.1, 0.15) is 24.1 Å². The van der Waals surface area contributed by atoms with E-state index < -0.39 is 0 Å². The first-order chi connectivity index (χ1) is 19.0. The molecule has 4 aliphatic heterocycles. The van der Waals surface area contributed by atoms with Crippen molar-refractivity contribution < 1.29 is 24.1 Å². The van der Waals surface area contributed by atoms with E-state index >= 15 is 0 Å². The SMILES string of the molecule is COCOC[C@H]1C[C@@H]2COc3c(Sc4cnc(N5CCC6(CC5)CO[C@@H](C)[C@H]6N)c(CO)n4)ccnc3N2C1. The number of piperidine rings is 1. The van der Waals surface area contributed by atoms with Crippen molar-refractivity contribution in [3.8, 4) is 5.75 Å². The highest BCUT2D eigenvalue weighted by atomic mass is 32.2. The summed E-state index contributed by atoms with van der Waals surface area (Å²) in [5.74, 6) is 2.79. The van der Waals surface area contributed by atoms with Crippen LogP contribution in [0.2, 0.25) is 0 Å². The number of hydrogen-bond acceptors (Lipinski definition) is 12. The van der Waals surface area contributed by atoms with Crippen molar-refractivity contribution >= 4 is 23.4 Å². The zero-order valence-corrected chi connectivity index (χ0v) is 23.4. The van der Waals surface area contributed by atoms with Gasteiger partial charge in [-0.15, -0.1) is 0 Å². The van der Waals surface area contributed by atoms with Crippen LogP contribution >= 0.6 is 11.8 Å². The number of ether oxygens (including phenoxy) is 4. The molecule has 4 aliphatic rings. The third-order valence-electron chi connectivity index (χ3n) is 8.67. The Hall–Kier alpha value is -2.22. The molecule has 0 amide bonds. The molecule has 2 aromatic heterocycles. The van der Waals surface area contributed by atoms with E-state index in [0.29, 0.717) is 42.7 Å². The highest BCUT2D eigenvalue weighted by molar-refractivity contribution is 7.99. The van der Waals surface area contributed by atoms with E-state index in [1.165, 1.54) is 11.8 Å². The second kappa shape index (κ2) is 11.3. The first-order valence-corrected chi connectivity index (χ1v) is 14.5. The van der Waals surface area contributed by atoms with Crippen LogP contribution in [0.5, 0.6) is 5.75 Å². The van der Waals surface area contributed by atoms with Gasteiger partial charge in [0.25, 0.3) is 0 Å². The van der Waals surface area contributed by atoms with Crippen molar-refractivity contribution in [3.63, 3.8) is 0 Å². The summed E-state index contributed by atoms with van der Waals surface area (Å²) in [6, 6.07) is 2.30. The molecule has 39 heavy (non-hydrogen) atoms. The van der Waals surface area contributed by atoms with Crippen LogP contribution in [0, 0.1) is 11.3 Å². The summed E-state index contributed by atoms with van der Waals surface area (Å²) in [7, 11) is 1.64. The molecule has 3 saturated heterocycles. The number of hydrogen-bond donors (Lipinski definition) is 2. The van der Waals surface area contributed by atoms with Gasteiger partial charge in [0.2, 0.25) is 0 Å². The average Bonchev–Trinajstić information content (AvgIpc) is 3.50. The molecule has 2 aromatic rings. The van der Waals surface area contributed by atoms with Gasteiger partial charge in [-0.1, -0.05) is 11.8 Å². The van der Waals surface area contributed by atoms with E-state index in [2.05, 4.69) is 21.7 Å². The number of rotatable bonds is 8. The number of fused-ring (bicyclic) bond motifs is 3. The van der Waals surface area contributed by atoms with Crippen LogP contribution in [0.25, 0.3) is 0 Å². The van der Waals surface area contributed by atoms with Crippen LogP contribution in [-0.4, -0.2) is 91.6 Å². The van der Waals surface area contributed by atoms with Gasteiger partial charge < -0.3 is 39.6 Å². The summed E-state index contributed by atoms with van der Waals surface area (Å²) in [6.07, 6.45) is 6.59. The minimum Gasteiger partial charge on any atom is -0.486 e. The van der Waals surface area contributed by atoms with E-state index in [-0.39, 0.29) is 24.2 Å². The van der Waals surface area contributed by atoms with Crippen LogP contribution in [0.3, 0.4) is 0 Å². The number of aromatic nitrogens is 3. The van der Waals surface area contributed by atoms with Crippen LogP contribution in [-0.2, 0) is 20.8 Å². The maximum atomic E-state index is 10.2. The first kappa shape index (κ1) is 27.0. The van der Waals surface area contributed by atoms with Crippen LogP contribution in [0.1, 0.15) is 31.9 Å². The average molecular weight is 559 g/mol.